The first-order valence-electron chi connectivity index (χ1n) is 16.8. The smallest absolute Gasteiger partial charge is 0.325 e. The van der Waals surface area contributed by atoms with E-state index in [2.05, 4.69) is 27.7 Å². The fourth-order valence-electron chi connectivity index (χ4n) is 6.49. The molecule has 3 N–H and O–H groups in total. The van der Waals surface area contributed by atoms with Crippen LogP contribution in [0, 0.1) is 0 Å². The van der Waals surface area contributed by atoms with E-state index in [0.717, 1.165) is 72.3 Å². The minimum absolute atomic E-state index is 0.00225. The van der Waals surface area contributed by atoms with Gasteiger partial charge >= 0.3 is 12.0 Å². The van der Waals surface area contributed by atoms with Crippen molar-refractivity contribution >= 4 is 12.0 Å². The van der Waals surface area contributed by atoms with Gasteiger partial charge in [0, 0.05) is 51.0 Å². The highest BCUT2D eigenvalue weighted by Crippen LogP contribution is 2.39. The Kier molecular flexibility index (Phi) is 11.4. The molecule has 2 amide bonds. The van der Waals surface area contributed by atoms with Gasteiger partial charge in [-0.2, -0.15) is 0 Å². The Morgan fingerprint density at radius 2 is 1.62 bits per heavy atom. The third-order valence-electron chi connectivity index (χ3n) is 9.10. The van der Waals surface area contributed by atoms with E-state index in [4.69, 9.17) is 23.7 Å². The third kappa shape index (κ3) is 8.79. The Hall–Kier alpha value is -3.84. The number of nitrogens with zero attached hydrogens (tertiary/aromatic N) is 1. The first-order valence-corrected chi connectivity index (χ1v) is 16.8. The van der Waals surface area contributed by atoms with Crippen molar-refractivity contribution in [3.05, 3.63) is 95.1 Å². The average Bonchev–Trinajstić information content (AvgIpc) is 3.59. The summed E-state index contributed by atoms with van der Waals surface area (Å²) in [4.78, 5) is 26.0. The van der Waals surface area contributed by atoms with E-state index in [0.29, 0.717) is 19.8 Å². The summed E-state index contributed by atoms with van der Waals surface area (Å²) in [6.45, 7) is 6.03. The summed E-state index contributed by atoms with van der Waals surface area (Å²) in [6.07, 6.45) is 1.70. The molecular formula is C37H45N3O8. The lowest BCUT2D eigenvalue weighted by Crippen LogP contribution is -2.48. The predicted molar refractivity (Wildman–Crippen MR) is 177 cm³/mol. The van der Waals surface area contributed by atoms with Gasteiger partial charge in [-0.15, -0.1) is 0 Å². The van der Waals surface area contributed by atoms with Crippen LogP contribution in [-0.2, 0) is 41.6 Å². The summed E-state index contributed by atoms with van der Waals surface area (Å²) in [5, 5.41) is 14.8. The lowest BCUT2D eigenvalue weighted by Gasteiger charge is -2.41. The quantitative estimate of drug-likeness (QED) is 0.253. The van der Waals surface area contributed by atoms with E-state index >= 15 is 0 Å². The number of esters is 1. The molecule has 48 heavy (non-hydrogen) atoms. The van der Waals surface area contributed by atoms with Gasteiger partial charge in [0.25, 0.3) is 0 Å². The second kappa shape index (κ2) is 16.0. The maximum Gasteiger partial charge on any atom is 0.325 e. The van der Waals surface area contributed by atoms with Crippen molar-refractivity contribution in [1.82, 2.24) is 15.5 Å². The number of nitrogens with one attached hydrogen (secondary N) is 2. The van der Waals surface area contributed by atoms with Crippen LogP contribution >= 0.6 is 0 Å². The normalized spacial score (nSPS) is 22.3. The summed E-state index contributed by atoms with van der Waals surface area (Å²) >= 11 is 0. The molecule has 3 aromatic rings. The van der Waals surface area contributed by atoms with Crippen LogP contribution in [0.3, 0.4) is 0 Å². The largest absolute Gasteiger partial charge is 0.465 e. The van der Waals surface area contributed by atoms with E-state index in [1.807, 2.05) is 60.7 Å². The van der Waals surface area contributed by atoms with Crippen LogP contribution in [0.15, 0.2) is 72.8 Å². The minimum Gasteiger partial charge on any atom is -0.465 e. The second-order valence-corrected chi connectivity index (χ2v) is 12.4. The van der Waals surface area contributed by atoms with E-state index in [9.17, 15) is 14.7 Å². The highest BCUT2D eigenvalue weighted by Gasteiger charge is 2.41. The number of rotatable bonds is 11. The molecule has 3 aromatic carbocycles. The number of ether oxygens (including phenoxy) is 5. The highest BCUT2D eigenvalue weighted by atomic mass is 16.7. The molecular weight excluding hydrogens is 614 g/mol. The SMILES string of the molecule is CCOC(=O)CNC(=O)NCc1cccc(-c2ccc([C@@H]3O[C@H](CN4CCC5(CC4)OCCO5)C[C@H](c4ccc(CO)cc4)O3)cc2)c1. The summed E-state index contributed by atoms with van der Waals surface area (Å²) in [7, 11) is 0. The second-order valence-electron chi connectivity index (χ2n) is 12.4. The molecule has 0 unspecified atom stereocenters. The van der Waals surface area contributed by atoms with Gasteiger partial charge in [0.05, 0.1) is 38.6 Å². The van der Waals surface area contributed by atoms with Crippen molar-refractivity contribution in [3.63, 3.8) is 0 Å². The number of carbonyl (C=O) groups excluding carboxylic acids is 2. The molecule has 0 bridgehead atoms. The van der Waals surface area contributed by atoms with E-state index < -0.39 is 24.1 Å². The van der Waals surface area contributed by atoms with Gasteiger partial charge in [-0.1, -0.05) is 66.7 Å². The molecule has 3 saturated heterocycles. The topological polar surface area (TPSA) is 128 Å². The monoisotopic (exact) mass is 659 g/mol. The van der Waals surface area contributed by atoms with Crippen LogP contribution in [-0.4, -0.2) is 79.9 Å². The Bertz CT molecular complexity index is 1500. The van der Waals surface area contributed by atoms with Crippen molar-refractivity contribution < 1.29 is 38.4 Å². The van der Waals surface area contributed by atoms with Crippen LogP contribution in [0.25, 0.3) is 11.1 Å². The van der Waals surface area contributed by atoms with Crippen LogP contribution in [0.2, 0.25) is 0 Å². The van der Waals surface area contributed by atoms with Crippen molar-refractivity contribution in [3.8, 4) is 11.1 Å². The van der Waals surface area contributed by atoms with Gasteiger partial charge in [0.15, 0.2) is 12.1 Å². The summed E-state index contributed by atoms with van der Waals surface area (Å²) in [6, 6.07) is 23.7. The Morgan fingerprint density at radius 3 is 2.33 bits per heavy atom. The number of hydrogen-bond donors (Lipinski definition) is 3. The lowest BCUT2D eigenvalue weighted by molar-refractivity contribution is -0.255. The summed E-state index contributed by atoms with van der Waals surface area (Å²) in [5.74, 6) is -0.889. The zero-order valence-electron chi connectivity index (χ0n) is 27.4. The van der Waals surface area contributed by atoms with E-state index in [-0.39, 0.29) is 32.0 Å². The molecule has 11 nitrogen and oxygen atoms in total. The molecule has 0 aliphatic carbocycles. The van der Waals surface area contributed by atoms with Gasteiger partial charge in [-0.05, 0) is 40.8 Å². The van der Waals surface area contributed by atoms with E-state index in [1.165, 1.54) is 0 Å². The van der Waals surface area contributed by atoms with Crippen molar-refractivity contribution in [2.24, 2.45) is 0 Å². The van der Waals surface area contributed by atoms with Crippen LogP contribution in [0.4, 0.5) is 4.79 Å². The molecule has 6 rings (SSSR count). The molecule has 0 aromatic heterocycles. The molecule has 1 spiro atoms. The standard InChI is InChI=1S/C37H45N3O8/c1-2-44-34(42)23-39-36(43)38-22-27-4-3-5-31(20-27)28-10-12-30(13-11-28)35-47-32(21-33(48-35)29-8-6-26(25-41)7-9-29)24-40-16-14-37(15-17-40)45-18-19-46-37/h3-13,20,32-33,35,41H,2,14-19,21-25H2,1H3,(H2,38,39,43)/t32-,33+,35+/m0/s1. The first kappa shape index (κ1) is 34.0. The zero-order valence-corrected chi connectivity index (χ0v) is 27.4. The number of hydrogen-bond acceptors (Lipinski definition) is 9. The van der Waals surface area contributed by atoms with Gasteiger partial charge < -0.3 is 44.3 Å². The van der Waals surface area contributed by atoms with Gasteiger partial charge in [-0.3, -0.25) is 4.79 Å². The number of carbonyl (C=O) groups is 2. The molecule has 11 heteroatoms. The molecule has 256 valence electrons. The Balaban J connectivity index is 1.10. The third-order valence-corrected chi connectivity index (χ3v) is 9.10. The maximum atomic E-state index is 12.1. The first-order chi connectivity index (χ1) is 23.4. The number of benzene rings is 3. The molecule has 3 aliphatic heterocycles. The molecule has 3 atom stereocenters. The Labute approximate surface area is 281 Å². The minimum atomic E-state index is -0.540. The highest BCUT2D eigenvalue weighted by molar-refractivity contribution is 5.80. The Morgan fingerprint density at radius 1 is 0.896 bits per heavy atom. The molecule has 3 aliphatic rings. The lowest BCUT2D eigenvalue weighted by atomic mass is 9.98. The van der Waals surface area contributed by atoms with Crippen LogP contribution in [0.1, 0.15) is 60.8 Å². The number of urea groups is 1. The fraction of sp³-hybridized carbons (Fsp3) is 0.459. The number of aliphatic hydroxyl groups excluding tert-OH is 1. The average molecular weight is 660 g/mol. The van der Waals surface area contributed by atoms with E-state index in [1.54, 1.807) is 6.92 Å². The predicted octanol–water partition coefficient (Wildman–Crippen LogP) is 4.59. The number of piperidine rings is 1. The number of amides is 2. The number of likely N-dealkylation sites (tertiary alicyclic amines) is 1. The molecule has 3 heterocycles. The number of aliphatic hydroxyl groups is 1. The van der Waals surface area contributed by atoms with Crippen molar-refractivity contribution in [2.45, 2.75) is 63.6 Å². The van der Waals surface area contributed by atoms with Crippen LogP contribution < -0.4 is 10.6 Å². The maximum absolute atomic E-state index is 12.1. The fourth-order valence-corrected chi connectivity index (χ4v) is 6.49. The van der Waals surface area contributed by atoms with Crippen molar-refractivity contribution in [1.29, 1.82) is 0 Å². The molecule has 0 saturated carbocycles. The summed E-state index contributed by atoms with van der Waals surface area (Å²) < 4.78 is 29.9. The summed E-state index contributed by atoms with van der Waals surface area (Å²) in [5.41, 5.74) is 5.82. The van der Waals surface area contributed by atoms with Crippen molar-refractivity contribution in [2.75, 3.05) is 46.0 Å². The molecule has 3 fully saturated rings. The van der Waals surface area contributed by atoms with Gasteiger partial charge in [0.2, 0.25) is 0 Å². The van der Waals surface area contributed by atoms with Crippen LogP contribution in [0.5, 0.6) is 0 Å². The van der Waals surface area contributed by atoms with Gasteiger partial charge in [-0.25, -0.2) is 4.79 Å². The zero-order chi connectivity index (χ0) is 33.3. The molecule has 0 radical (unpaired) electrons. The van der Waals surface area contributed by atoms with Gasteiger partial charge in [0.1, 0.15) is 6.54 Å².